The first-order chi connectivity index (χ1) is 13.7. The molecule has 0 spiro atoms. The molecule has 152 valence electrons. The fraction of sp³-hybridized carbons (Fsp3) is 0.238. The van der Waals surface area contributed by atoms with Crippen molar-refractivity contribution in [3.05, 3.63) is 65.9 Å². The molecule has 0 unspecified atom stereocenters. The Kier molecular flexibility index (Phi) is 5.86. The lowest BCUT2D eigenvalue weighted by Crippen LogP contribution is -2.49. The van der Waals surface area contributed by atoms with Gasteiger partial charge < -0.3 is 0 Å². The van der Waals surface area contributed by atoms with E-state index < -0.39 is 20.5 Å². The molecular formula is C21H23N3O4S. The van der Waals surface area contributed by atoms with E-state index in [9.17, 15) is 13.2 Å². The SMILES string of the molecule is C[C@](CCn1ncc2cc(/C=C/c3ccccc3)ccc21)(C(=O)NO)S(C)(=O)=O. The predicted molar refractivity (Wildman–Crippen MR) is 113 cm³/mol. The number of aromatic nitrogens is 2. The average molecular weight is 413 g/mol. The first-order valence-corrected chi connectivity index (χ1v) is 11.0. The molecule has 2 aromatic carbocycles. The second-order valence-corrected chi connectivity index (χ2v) is 9.57. The third-order valence-electron chi connectivity index (χ3n) is 5.13. The molecule has 0 aliphatic carbocycles. The van der Waals surface area contributed by atoms with E-state index in [-0.39, 0.29) is 13.0 Å². The highest BCUT2D eigenvalue weighted by Crippen LogP contribution is 2.24. The van der Waals surface area contributed by atoms with E-state index in [0.29, 0.717) is 0 Å². The van der Waals surface area contributed by atoms with E-state index in [1.807, 2.05) is 60.7 Å². The van der Waals surface area contributed by atoms with Crippen molar-refractivity contribution in [2.75, 3.05) is 6.26 Å². The number of nitrogens with zero attached hydrogens (tertiary/aromatic N) is 2. The predicted octanol–water partition coefficient (Wildman–Crippen LogP) is 2.91. The number of benzene rings is 2. The molecule has 1 aromatic heterocycles. The van der Waals surface area contributed by atoms with Crippen molar-refractivity contribution in [1.82, 2.24) is 15.3 Å². The molecule has 0 saturated carbocycles. The van der Waals surface area contributed by atoms with Crippen LogP contribution in [-0.4, -0.2) is 40.3 Å². The van der Waals surface area contributed by atoms with Gasteiger partial charge in [-0.1, -0.05) is 48.6 Å². The zero-order valence-corrected chi connectivity index (χ0v) is 17.1. The van der Waals surface area contributed by atoms with Gasteiger partial charge in [0.05, 0.1) is 11.7 Å². The second kappa shape index (κ2) is 8.18. The van der Waals surface area contributed by atoms with Crippen LogP contribution in [0.25, 0.3) is 23.1 Å². The molecule has 0 aliphatic rings. The van der Waals surface area contributed by atoms with Crippen molar-refractivity contribution < 1.29 is 18.4 Å². The molecular weight excluding hydrogens is 390 g/mol. The quantitative estimate of drug-likeness (QED) is 0.352. The first kappa shape index (κ1) is 20.8. The summed E-state index contributed by atoms with van der Waals surface area (Å²) in [6, 6.07) is 15.8. The van der Waals surface area contributed by atoms with Crippen molar-refractivity contribution in [2.45, 2.75) is 24.6 Å². The van der Waals surface area contributed by atoms with Gasteiger partial charge in [0, 0.05) is 18.2 Å². The summed E-state index contributed by atoms with van der Waals surface area (Å²) in [6.45, 7) is 1.51. The maximum absolute atomic E-state index is 12.1. The van der Waals surface area contributed by atoms with Crippen LogP contribution in [0, 0.1) is 0 Å². The van der Waals surface area contributed by atoms with Crippen LogP contribution < -0.4 is 5.48 Å². The number of aryl methyl sites for hydroxylation is 1. The standard InChI is InChI=1S/C21H23N3O4S/c1-21(20(25)23-26,29(2,27)28)12-13-24-19-11-10-17(14-18(19)15-22-24)9-8-16-6-4-3-5-7-16/h3-11,14-15,26H,12-13H2,1-2H3,(H,23,25)/b9-8+/t21-/m0/s1. The Morgan fingerprint density at radius 1 is 1.17 bits per heavy atom. The van der Waals surface area contributed by atoms with Gasteiger partial charge in [0.1, 0.15) is 0 Å². The monoisotopic (exact) mass is 413 g/mol. The van der Waals surface area contributed by atoms with Gasteiger partial charge >= 0.3 is 0 Å². The number of fused-ring (bicyclic) bond motifs is 1. The molecule has 1 amide bonds. The lowest BCUT2D eigenvalue weighted by molar-refractivity contribution is -0.131. The van der Waals surface area contributed by atoms with Gasteiger partial charge in [0.25, 0.3) is 5.91 Å². The third kappa shape index (κ3) is 4.38. The Balaban J connectivity index is 1.81. The van der Waals surface area contributed by atoms with E-state index in [4.69, 9.17) is 5.21 Å². The van der Waals surface area contributed by atoms with Crippen LogP contribution >= 0.6 is 0 Å². The highest BCUT2D eigenvalue weighted by molar-refractivity contribution is 7.92. The normalized spacial score (nSPS) is 14.2. The van der Waals surface area contributed by atoms with Crippen LogP contribution in [0.2, 0.25) is 0 Å². The maximum Gasteiger partial charge on any atom is 0.264 e. The number of hydroxylamine groups is 1. The van der Waals surface area contributed by atoms with Crippen molar-refractivity contribution in [1.29, 1.82) is 0 Å². The molecule has 3 rings (SSSR count). The highest BCUT2D eigenvalue weighted by Gasteiger charge is 2.43. The number of hydrogen-bond donors (Lipinski definition) is 2. The molecule has 0 bridgehead atoms. The van der Waals surface area contributed by atoms with E-state index >= 15 is 0 Å². The van der Waals surface area contributed by atoms with Gasteiger partial charge in [-0.15, -0.1) is 0 Å². The Bertz CT molecular complexity index is 1150. The Morgan fingerprint density at radius 2 is 1.86 bits per heavy atom. The molecule has 0 aliphatic heterocycles. The summed E-state index contributed by atoms with van der Waals surface area (Å²) in [4.78, 5) is 12.0. The van der Waals surface area contributed by atoms with Crippen molar-refractivity contribution in [3.63, 3.8) is 0 Å². The van der Waals surface area contributed by atoms with Crippen LogP contribution in [0.3, 0.4) is 0 Å². The fourth-order valence-corrected chi connectivity index (χ4v) is 3.89. The number of carbonyl (C=O) groups is 1. The molecule has 0 fully saturated rings. The summed E-state index contributed by atoms with van der Waals surface area (Å²) in [5, 5.41) is 14.2. The average Bonchev–Trinajstić information content (AvgIpc) is 3.12. The summed E-state index contributed by atoms with van der Waals surface area (Å²) < 4.78 is 24.1. The summed E-state index contributed by atoms with van der Waals surface area (Å²) in [6.07, 6.45) is 6.70. The smallest absolute Gasteiger partial charge is 0.264 e. The minimum atomic E-state index is -3.75. The second-order valence-electron chi connectivity index (χ2n) is 7.12. The summed E-state index contributed by atoms with van der Waals surface area (Å²) in [7, 11) is -3.75. The lowest BCUT2D eigenvalue weighted by atomic mass is 10.1. The number of carbonyl (C=O) groups excluding carboxylic acids is 1. The van der Waals surface area contributed by atoms with E-state index in [1.54, 1.807) is 10.9 Å². The number of amides is 1. The summed E-state index contributed by atoms with van der Waals surface area (Å²) in [5.41, 5.74) is 4.41. The summed E-state index contributed by atoms with van der Waals surface area (Å²) >= 11 is 0. The van der Waals surface area contributed by atoms with Crippen LogP contribution in [0.15, 0.2) is 54.7 Å². The number of nitrogens with one attached hydrogen (secondary N) is 1. The summed E-state index contributed by atoms with van der Waals surface area (Å²) in [5.74, 6) is -0.954. The van der Waals surface area contributed by atoms with Gasteiger partial charge in [0.2, 0.25) is 0 Å². The van der Waals surface area contributed by atoms with Crippen LogP contribution in [0.5, 0.6) is 0 Å². The zero-order chi connectivity index (χ0) is 21.1. The largest absolute Gasteiger partial charge is 0.289 e. The van der Waals surface area contributed by atoms with Crippen LogP contribution in [0.1, 0.15) is 24.5 Å². The highest BCUT2D eigenvalue weighted by atomic mass is 32.2. The van der Waals surface area contributed by atoms with Gasteiger partial charge in [-0.2, -0.15) is 5.10 Å². The van der Waals surface area contributed by atoms with Crippen LogP contribution in [-0.2, 0) is 21.2 Å². The molecule has 1 heterocycles. The van der Waals surface area contributed by atoms with E-state index in [2.05, 4.69) is 5.10 Å². The van der Waals surface area contributed by atoms with Crippen molar-refractivity contribution >= 4 is 38.8 Å². The third-order valence-corrected chi connectivity index (χ3v) is 7.16. The molecule has 3 aromatic rings. The maximum atomic E-state index is 12.1. The van der Waals surface area contributed by atoms with Crippen molar-refractivity contribution in [2.24, 2.45) is 0 Å². The van der Waals surface area contributed by atoms with Crippen molar-refractivity contribution in [3.8, 4) is 0 Å². The number of rotatable bonds is 7. The van der Waals surface area contributed by atoms with E-state index in [1.165, 1.54) is 12.4 Å². The fourth-order valence-electron chi connectivity index (χ4n) is 3.05. The Hall–Kier alpha value is -2.97. The Morgan fingerprint density at radius 3 is 2.52 bits per heavy atom. The molecule has 2 N–H and O–H groups in total. The topological polar surface area (TPSA) is 101 Å². The molecule has 7 nitrogen and oxygen atoms in total. The van der Waals surface area contributed by atoms with Gasteiger partial charge in [0.15, 0.2) is 14.6 Å². The molecule has 29 heavy (non-hydrogen) atoms. The zero-order valence-electron chi connectivity index (χ0n) is 16.2. The van der Waals surface area contributed by atoms with Crippen LogP contribution in [0.4, 0.5) is 0 Å². The molecule has 8 heteroatoms. The number of sulfone groups is 1. The van der Waals surface area contributed by atoms with E-state index in [0.717, 1.165) is 28.3 Å². The van der Waals surface area contributed by atoms with Gasteiger partial charge in [-0.3, -0.25) is 14.7 Å². The lowest BCUT2D eigenvalue weighted by Gasteiger charge is -2.25. The molecule has 0 saturated heterocycles. The van der Waals surface area contributed by atoms with Gasteiger partial charge in [-0.05, 0) is 36.6 Å². The minimum Gasteiger partial charge on any atom is -0.289 e. The molecule has 0 radical (unpaired) electrons. The van der Waals surface area contributed by atoms with Gasteiger partial charge in [-0.25, -0.2) is 13.9 Å². The minimum absolute atomic E-state index is 0.0231. The number of hydrogen-bond acceptors (Lipinski definition) is 5. The molecule has 1 atom stereocenters. The Labute approximate surface area is 169 Å². The first-order valence-electron chi connectivity index (χ1n) is 9.07.